The van der Waals surface area contributed by atoms with Crippen molar-refractivity contribution in [2.45, 2.75) is 19.5 Å². The number of rotatable bonds is 8. The lowest BCUT2D eigenvalue weighted by atomic mass is 10.2. The van der Waals surface area contributed by atoms with E-state index in [0.29, 0.717) is 6.54 Å². The molecule has 2 aromatic rings. The van der Waals surface area contributed by atoms with Crippen LogP contribution in [0.5, 0.6) is 0 Å². The fraction of sp³-hybridized carbons (Fsp3) is 0.412. The summed E-state index contributed by atoms with van der Waals surface area (Å²) in [6.45, 7) is 3.06. The van der Waals surface area contributed by atoms with Gasteiger partial charge in [0.1, 0.15) is 0 Å². The number of methoxy groups -OCH3 is 1. The van der Waals surface area contributed by atoms with Crippen molar-refractivity contribution in [1.82, 2.24) is 20.4 Å². The van der Waals surface area contributed by atoms with Crippen molar-refractivity contribution in [3.05, 3.63) is 53.9 Å². The molecule has 2 rings (SSSR count). The Balaban J connectivity index is 0.00000288. The largest absolute Gasteiger partial charge is 0.385 e. The highest BCUT2D eigenvalue weighted by atomic mass is 127. The predicted molar refractivity (Wildman–Crippen MR) is 108 cm³/mol. The van der Waals surface area contributed by atoms with Gasteiger partial charge in [0.15, 0.2) is 5.96 Å². The van der Waals surface area contributed by atoms with Gasteiger partial charge in [0.25, 0.3) is 0 Å². The van der Waals surface area contributed by atoms with E-state index in [4.69, 9.17) is 4.74 Å². The van der Waals surface area contributed by atoms with Crippen molar-refractivity contribution in [1.29, 1.82) is 0 Å². The molecular weight excluding hydrogens is 417 g/mol. The molecule has 0 unspecified atom stereocenters. The molecule has 6 nitrogen and oxygen atoms in total. The molecule has 0 saturated carbocycles. The average Bonchev–Trinajstić information content (AvgIpc) is 3.02. The average molecular weight is 443 g/mol. The number of aromatic nitrogens is 2. The van der Waals surface area contributed by atoms with Crippen molar-refractivity contribution in [3.63, 3.8) is 0 Å². The molecule has 0 radical (unpaired) electrons. The van der Waals surface area contributed by atoms with E-state index in [1.807, 2.05) is 29.1 Å². The zero-order valence-electron chi connectivity index (χ0n) is 14.2. The molecule has 1 aromatic carbocycles. The maximum atomic E-state index is 5.03. The second kappa shape index (κ2) is 11.9. The number of halogens is 1. The second-order valence-corrected chi connectivity index (χ2v) is 5.23. The lowest BCUT2D eigenvalue weighted by molar-refractivity contribution is 0.195. The molecule has 0 aliphatic rings. The Hall–Kier alpha value is -1.61. The molecule has 1 heterocycles. The van der Waals surface area contributed by atoms with Crippen LogP contribution < -0.4 is 10.6 Å². The molecule has 0 bridgehead atoms. The molecule has 0 atom stereocenters. The van der Waals surface area contributed by atoms with Gasteiger partial charge in [-0.05, 0) is 12.0 Å². The van der Waals surface area contributed by atoms with Crippen LogP contribution in [-0.4, -0.2) is 43.0 Å². The van der Waals surface area contributed by atoms with Crippen LogP contribution in [0, 0.1) is 0 Å². The molecular formula is C17H26IN5O. The van der Waals surface area contributed by atoms with E-state index in [-0.39, 0.29) is 24.0 Å². The van der Waals surface area contributed by atoms with Gasteiger partial charge in [-0.3, -0.25) is 9.67 Å². The molecule has 132 valence electrons. The Labute approximate surface area is 160 Å². The highest BCUT2D eigenvalue weighted by molar-refractivity contribution is 14.0. The normalized spacial score (nSPS) is 11.0. The fourth-order valence-corrected chi connectivity index (χ4v) is 2.18. The van der Waals surface area contributed by atoms with Crippen LogP contribution in [0.15, 0.2) is 47.7 Å². The third-order valence-corrected chi connectivity index (χ3v) is 3.38. The van der Waals surface area contributed by atoms with Crippen molar-refractivity contribution in [2.75, 3.05) is 27.3 Å². The van der Waals surface area contributed by atoms with Gasteiger partial charge < -0.3 is 15.4 Å². The zero-order valence-corrected chi connectivity index (χ0v) is 16.6. The van der Waals surface area contributed by atoms with Gasteiger partial charge >= 0.3 is 0 Å². The monoisotopic (exact) mass is 443 g/mol. The predicted octanol–water partition coefficient (Wildman–Crippen LogP) is 2.25. The van der Waals surface area contributed by atoms with E-state index in [1.54, 1.807) is 14.2 Å². The number of guanidine groups is 1. The van der Waals surface area contributed by atoms with Gasteiger partial charge in [-0.2, -0.15) is 5.10 Å². The van der Waals surface area contributed by atoms with Crippen LogP contribution in [0.1, 0.15) is 17.5 Å². The lowest BCUT2D eigenvalue weighted by Crippen LogP contribution is -2.37. The quantitative estimate of drug-likeness (QED) is 0.285. The third kappa shape index (κ3) is 7.31. The van der Waals surface area contributed by atoms with Crippen LogP contribution in [0.25, 0.3) is 0 Å². The van der Waals surface area contributed by atoms with Crippen LogP contribution in [-0.2, 0) is 17.8 Å². The second-order valence-electron chi connectivity index (χ2n) is 5.23. The number of ether oxygens (including phenoxy) is 1. The molecule has 0 aliphatic carbocycles. The number of nitrogens with one attached hydrogen (secondary N) is 2. The molecule has 2 N–H and O–H groups in total. The van der Waals surface area contributed by atoms with Crippen molar-refractivity contribution in [3.8, 4) is 0 Å². The summed E-state index contributed by atoms with van der Waals surface area (Å²) in [6, 6.07) is 10.3. The van der Waals surface area contributed by atoms with Crippen LogP contribution in [0.3, 0.4) is 0 Å². The maximum Gasteiger partial charge on any atom is 0.191 e. The van der Waals surface area contributed by atoms with E-state index in [9.17, 15) is 0 Å². The highest BCUT2D eigenvalue weighted by Gasteiger charge is 2.02. The third-order valence-electron chi connectivity index (χ3n) is 3.38. The summed E-state index contributed by atoms with van der Waals surface area (Å²) in [4.78, 5) is 4.20. The number of benzene rings is 1. The summed E-state index contributed by atoms with van der Waals surface area (Å²) in [5, 5.41) is 10.9. The van der Waals surface area contributed by atoms with E-state index in [2.05, 4.69) is 39.1 Å². The van der Waals surface area contributed by atoms with Gasteiger partial charge in [-0.25, -0.2) is 0 Å². The van der Waals surface area contributed by atoms with E-state index < -0.39 is 0 Å². The van der Waals surface area contributed by atoms with Crippen LogP contribution in [0.2, 0.25) is 0 Å². The molecule has 7 heteroatoms. The smallest absolute Gasteiger partial charge is 0.191 e. The SMILES string of the molecule is CN=C(NCCCOC)NCc1cnn(Cc2ccccc2)c1.I. The van der Waals surface area contributed by atoms with E-state index in [0.717, 1.165) is 37.6 Å². The summed E-state index contributed by atoms with van der Waals surface area (Å²) in [5.41, 5.74) is 2.37. The molecule has 1 aromatic heterocycles. The molecule has 0 spiro atoms. The first-order valence-electron chi connectivity index (χ1n) is 7.80. The van der Waals surface area contributed by atoms with Gasteiger partial charge in [-0.1, -0.05) is 30.3 Å². The Morgan fingerprint density at radius 2 is 2.00 bits per heavy atom. The molecule has 0 fully saturated rings. The Kier molecular flexibility index (Phi) is 10.1. The number of aliphatic imine (C=N–C) groups is 1. The first-order valence-corrected chi connectivity index (χ1v) is 7.80. The first kappa shape index (κ1) is 20.4. The summed E-state index contributed by atoms with van der Waals surface area (Å²) in [5.74, 6) is 0.789. The van der Waals surface area contributed by atoms with Crippen LogP contribution in [0.4, 0.5) is 0 Å². The Morgan fingerprint density at radius 3 is 2.71 bits per heavy atom. The highest BCUT2D eigenvalue weighted by Crippen LogP contribution is 2.03. The van der Waals surface area contributed by atoms with Crippen LogP contribution >= 0.6 is 24.0 Å². The van der Waals surface area contributed by atoms with Gasteiger partial charge in [-0.15, -0.1) is 24.0 Å². The van der Waals surface area contributed by atoms with E-state index >= 15 is 0 Å². The lowest BCUT2D eigenvalue weighted by Gasteiger charge is -2.10. The van der Waals surface area contributed by atoms with Gasteiger partial charge in [0.05, 0.1) is 12.7 Å². The zero-order chi connectivity index (χ0) is 16.3. The maximum absolute atomic E-state index is 5.03. The van der Waals surface area contributed by atoms with Crippen molar-refractivity contribution in [2.24, 2.45) is 4.99 Å². The minimum Gasteiger partial charge on any atom is -0.385 e. The van der Waals surface area contributed by atoms with Gasteiger partial charge in [0.2, 0.25) is 0 Å². The number of hydrogen-bond donors (Lipinski definition) is 2. The molecule has 0 aliphatic heterocycles. The Morgan fingerprint density at radius 1 is 1.21 bits per heavy atom. The molecule has 0 saturated heterocycles. The minimum atomic E-state index is 0. The van der Waals surface area contributed by atoms with Crippen molar-refractivity contribution >= 4 is 29.9 Å². The number of nitrogens with zero attached hydrogens (tertiary/aromatic N) is 3. The molecule has 0 amide bonds. The van der Waals surface area contributed by atoms with Gasteiger partial charge in [0, 0.05) is 45.6 Å². The summed E-state index contributed by atoms with van der Waals surface area (Å²) in [6.07, 6.45) is 4.89. The first-order chi connectivity index (χ1) is 11.3. The van der Waals surface area contributed by atoms with Crippen molar-refractivity contribution < 1.29 is 4.74 Å². The Bertz CT molecular complexity index is 600. The molecule has 24 heavy (non-hydrogen) atoms. The summed E-state index contributed by atoms with van der Waals surface area (Å²) >= 11 is 0. The van der Waals surface area contributed by atoms with E-state index in [1.165, 1.54) is 5.56 Å². The number of hydrogen-bond acceptors (Lipinski definition) is 3. The summed E-state index contributed by atoms with van der Waals surface area (Å²) in [7, 11) is 3.48. The topological polar surface area (TPSA) is 63.5 Å². The fourth-order valence-electron chi connectivity index (χ4n) is 2.18. The minimum absolute atomic E-state index is 0. The standard InChI is InChI=1S/C17H25N5O.HI/c1-18-17(19-9-6-10-23-2)20-11-16-12-21-22(14-16)13-15-7-4-3-5-8-15;/h3-5,7-8,12,14H,6,9-11,13H2,1-2H3,(H2,18,19,20);1H. The summed E-state index contributed by atoms with van der Waals surface area (Å²) < 4.78 is 6.97.